The van der Waals surface area contributed by atoms with Gasteiger partial charge in [0.1, 0.15) is 6.61 Å². The highest BCUT2D eigenvalue weighted by Gasteiger charge is 2.25. The highest BCUT2D eigenvalue weighted by atomic mass is 31.2. The third-order valence-corrected chi connectivity index (χ3v) is 12.8. The Balaban J connectivity index is 3.93. The van der Waals surface area contributed by atoms with Crippen LogP contribution in [0.25, 0.3) is 0 Å². The lowest BCUT2D eigenvalue weighted by Gasteiger charge is -2.19. The summed E-state index contributed by atoms with van der Waals surface area (Å²) in [7, 11) is -4.28. The van der Waals surface area contributed by atoms with Crippen molar-refractivity contribution in [1.29, 1.82) is 0 Å². The quantitative estimate of drug-likeness (QED) is 0.0278. The van der Waals surface area contributed by atoms with Crippen molar-refractivity contribution >= 4 is 19.8 Å². The minimum absolute atomic E-state index is 0.00263. The predicted molar refractivity (Wildman–Crippen MR) is 263 cm³/mol. The van der Waals surface area contributed by atoms with E-state index in [0.717, 1.165) is 38.5 Å². The van der Waals surface area contributed by atoms with Gasteiger partial charge in [0.05, 0.1) is 13.2 Å². The molecule has 0 aliphatic rings. The first-order valence-electron chi connectivity index (χ1n) is 26.6. The van der Waals surface area contributed by atoms with Gasteiger partial charge in [-0.05, 0) is 51.9 Å². The van der Waals surface area contributed by atoms with Gasteiger partial charge in [-0.25, -0.2) is 4.57 Å². The lowest BCUT2D eigenvalue weighted by molar-refractivity contribution is -0.161. The molecule has 0 saturated heterocycles. The van der Waals surface area contributed by atoms with Crippen LogP contribution >= 0.6 is 7.82 Å². The molecule has 0 saturated carbocycles. The molecule has 0 radical (unpaired) electrons. The number of carbonyl (C=O) groups is 2. The predicted octanol–water partition coefficient (Wildman–Crippen LogP) is 17.4. The van der Waals surface area contributed by atoms with Crippen molar-refractivity contribution in [1.82, 2.24) is 0 Å². The van der Waals surface area contributed by atoms with Crippen molar-refractivity contribution < 1.29 is 37.6 Å². The maximum atomic E-state index is 12.6. The fraction of sp³-hybridized carbons (Fsp3) is 0.887. The molecule has 366 valence electrons. The van der Waals surface area contributed by atoms with Crippen molar-refractivity contribution in [2.24, 2.45) is 0 Å². The van der Waals surface area contributed by atoms with Gasteiger partial charge in [0.2, 0.25) is 0 Å². The van der Waals surface area contributed by atoms with Crippen LogP contribution in [0.1, 0.15) is 278 Å². The Morgan fingerprint density at radius 2 is 0.774 bits per heavy atom. The molecule has 1 N–H and O–H groups in total. The molecule has 0 heterocycles. The summed E-state index contributed by atoms with van der Waals surface area (Å²) in [4.78, 5) is 35.0. The number of rotatable bonds is 50. The van der Waals surface area contributed by atoms with Crippen molar-refractivity contribution in [3.8, 4) is 0 Å². The molecule has 0 bridgehead atoms. The molecule has 0 amide bonds. The summed E-state index contributed by atoms with van der Waals surface area (Å²) in [5, 5.41) is 0. The normalized spacial score (nSPS) is 13.3. The average molecular weight is 897 g/mol. The summed E-state index contributed by atoms with van der Waals surface area (Å²) in [5.74, 6) is -0.784. The average Bonchev–Trinajstić information content (AvgIpc) is 3.25. The number of phosphoric ester groups is 1. The molecule has 2 unspecified atom stereocenters. The second kappa shape index (κ2) is 49.0. The number of esters is 2. The van der Waals surface area contributed by atoms with E-state index >= 15 is 0 Å². The molecule has 8 nitrogen and oxygen atoms in total. The van der Waals surface area contributed by atoms with Gasteiger partial charge in [-0.1, -0.05) is 237 Å². The fourth-order valence-corrected chi connectivity index (χ4v) is 8.59. The minimum Gasteiger partial charge on any atom is -0.462 e. The molecule has 0 rings (SSSR count). The van der Waals surface area contributed by atoms with Gasteiger partial charge in [0, 0.05) is 12.8 Å². The number of hydrogen-bond donors (Lipinski definition) is 1. The molecule has 0 fully saturated rings. The third kappa shape index (κ3) is 48.0. The first kappa shape index (κ1) is 60.5. The van der Waals surface area contributed by atoms with Gasteiger partial charge < -0.3 is 14.4 Å². The van der Waals surface area contributed by atoms with E-state index in [1.165, 1.54) is 199 Å². The third-order valence-electron chi connectivity index (χ3n) is 11.8. The number of hydrogen-bond acceptors (Lipinski definition) is 7. The van der Waals surface area contributed by atoms with Crippen LogP contribution in [-0.2, 0) is 32.7 Å². The number of carbonyl (C=O) groups excluding carboxylic acids is 2. The standard InChI is InChI=1S/C53H101O8P/c1-4-7-9-11-13-15-17-19-21-23-25-26-27-28-30-32-34-36-38-40-42-44-46-48-53(55)61-51(50-60-62(56,57)59-6-3)49-58-52(54)47-45-43-41-39-37-35-33-31-29-24-22-20-18-16-14-12-10-8-5-2/h17,19,23,25,51H,4-16,18,20-22,24,26-50H2,1-3H3,(H,56,57)/b19-17-,25-23-. The van der Waals surface area contributed by atoms with Gasteiger partial charge >= 0.3 is 19.8 Å². The van der Waals surface area contributed by atoms with Crippen LogP contribution in [0.5, 0.6) is 0 Å². The molecule has 0 aromatic rings. The maximum Gasteiger partial charge on any atom is 0.472 e. The second-order valence-corrected chi connectivity index (χ2v) is 19.4. The van der Waals surface area contributed by atoms with E-state index in [2.05, 4.69) is 38.2 Å². The van der Waals surface area contributed by atoms with E-state index in [4.69, 9.17) is 18.5 Å². The number of ether oxygens (including phenoxy) is 2. The number of unbranched alkanes of at least 4 members (excludes halogenated alkanes) is 34. The smallest absolute Gasteiger partial charge is 0.462 e. The highest BCUT2D eigenvalue weighted by molar-refractivity contribution is 7.47. The van der Waals surface area contributed by atoms with E-state index < -0.39 is 19.9 Å². The van der Waals surface area contributed by atoms with E-state index in [1.54, 1.807) is 6.92 Å². The van der Waals surface area contributed by atoms with E-state index in [0.29, 0.717) is 12.8 Å². The lowest BCUT2D eigenvalue weighted by Crippen LogP contribution is -2.29. The molecule has 2 atom stereocenters. The zero-order chi connectivity index (χ0) is 45.3. The first-order valence-corrected chi connectivity index (χ1v) is 28.1. The zero-order valence-corrected chi connectivity index (χ0v) is 41.9. The van der Waals surface area contributed by atoms with Gasteiger partial charge in [-0.2, -0.15) is 0 Å². The summed E-state index contributed by atoms with van der Waals surface area (Å²) in [6.07, 6.45) is 56.7. The van der Waals surface area contributed by atoms with Crippen molar-refractivity contribution in [2.75, 3.05) is 19.8 Å². The largest absolute Gasteiger partial charge is 0.472 e. The Morgan fingerprint density at radius 1 is 0.435 bits per heavy atom. The van der Waals surface area contributed by atoms with E-state index in [-0.39, 0.29) is 32.2 Å². The van der Waals surface area contributed by atoms with Crippen LogP contribution in [0.3, 0.4) is 0 Å². The molecule has 9 heteroatoms. The summed E-state index contributed by atoms with van der Waals surface area (Å²) in [6.45, 7) is 5.53. The van der Waals surface area contributed by atoms with Crippen LogP contribution in [0.2, 0.25) is 0 Å². The zero-order valence-electron chi connectivity index (χ0n) is 41.0. The second-order valence-electron chi connectivity index (χ2n) is 17.9. The Kier molecular flexibility index (Phi) is 47.8. The van der Waals surface area contributed by atoms with Gasteiger partial charge in [-0.3, -0.25) is 18.6 Å². The lowest BCUT2D eigenvalue weighted by atomic mass is 10.0. The summed E-state index contributed by atoms with van der Waals surface area (Å²) in [5.41, 5.74) is 0. The van der Waals surface area contributed by atoms with Crippen LogP contribution in [0, 0.1) is 0 Å². The molecular weight excluding hydrogens is 796 g/mol. The Morgan fingerprint density at radius 3 is 1.15 bits per heavy atom. The molecule has 62 heavy (non-hydrogen) atoms. The molecule has 0 aromatic heterocycles. The van der Waals surface area contributed by atoms with E-state index in [1.807, 2.05) is 0 Å². The minimum atomic E-state index is -4.28. The number of phosphoric acid groups is 1. The number of allylic oxidation sites excluding steroid dienone is 4. The molecule has 0 aromatic carbocycles. The summed E-state index contributed by atoms with van der Waals surface area (Å²) < 4.78 is 32.8. The first-order chi connectivity index (χ1) is 30.3. The van der Waals surface area contributed by atoms with E-state index in [9.17, 15) is 19.0 Å². The summed E-state index contributed by atoms with van der Waals surface area (Å²) >= 11 is 0. The Bertz CT molecular complexity index is 1060. The fourth-order valence-electron chi connectivity index (χ4n) is 7.84. The van der Waals surface area contributed by atoms with Crippen molar-refractivity contribution in [3.63, 3.8) is 0 Å². The molecule has 0 aliphatic heterocycles. The topological polar surface area (TPSA) is 108 Å². The highest BCUT2D eigenvalue weighted by Crippen LogP contribution is 2.43. The molecular formula is C53H101O8P. The summed E-state index contributed by atoms with van der Waals surface area (Å²) in [6, 6.07) is 0. The molecule has 0 spiro atoms. The molecule has 0 aliphatic carbocycles. The Hall–Kier alpha value is -1.47. The van der Waals surface area contributed by atoms with Crippen LogP contribution in [-0.4, -0.2) is 42.8 Å². The Labute approximate surface area is 383 Å². The SMILES string of the molecule is CCCCCCC/C=C\C/C=C\CCCCCCCCCCCCCC(=O)OC(COC(=O)CCCCCCCCCCCCCCCCCCCCC)COP(=O)(O)OCC. The van der Waals surface area contributed by atoms with Gasteiger partial charge in [0.15, 0.2) is 6.10 Å². The van der Waals surface area contributed by atoms with Crippen LogP contribution < -0.4 is 0 Å². The van der Waals surface area contributed by atoms with Crippen molar-refractivity contribution in [3.05, 3.63) is 24.3 Å². The van der Waals surface area contributed by atoms with Crippen molar-refractivity contribution in [2.45, 2.75) is 284 Å². The van der Waals surface area contributed by atoms with Crippen LogP contribution in [0.4, 0.5) is 0 Å². The van der Waals surface area contributed by atoms with Crippen LogP contribution in [0.15, 0.2) is 24.3 Å². The van der Waals surface area contributed by atoms with Gasteiger partial charge in [-0.15, -0.1) is 0 Å². The van der Waals surface area contributed by atoms with Gasteiger partial charge in [0.25, 0.3) is 0 Å². The monoisotopic (exact) mass is 897 g/mol. The maximum absolute atomic E-state index is 12.6.